The zero-order chi connectivity index (χ0) is 19.1. The number of aryl methyl sites for hydroxylation is 1. The molecule has 1 aliphatic rings. The van der Waals surface area contributed by atoms with Crippen LogP contribution in [0.2, 0.25) is 0 Å². The summed E-state index contributed by atoms with van der Waals surface area (Å²) in [6.45, 7) is 3.42. The summed E-state index contributed by atoms with van der Waals surface area (Å²) < 4.78 is 15.3. The first-order valence-electron chi connectivity index (χ1n) is 8.68. The first-order valence-corrected chi connectivity index (χ1v) is 8.68. The maximum Gasteiger partial charge on any atom is 0.259 e. The molecule has 138 valence electrons. The molecular formula is C19H18FN5O2. The van der Waals surface area contributed by atoms with Gasteiger partial charge in [0.2, 0.25) is 5.95 Å². The number of rotatable bonds is 4. The van der Waals surface area contributed by atoms with Crippen LogP contribution in [0.1, 0.15) is 46.1 Å². The van der Waals surface area contributed by atoms with Crippen LogP contribution in [0.3, 0.4) is 0 Å². The monoisotopic (exact) mass is 367 g/mol. The number of nitrogens with zero attached hydrogens (tertiary/aromatic N) is 3. The lowest BCUT2D eigenvalue weighted by Crippen LogP contribution is -2.21. The van der Waals surface area contributed by atoms with Crippen LogP contribution in [0.25, 0.3) is 5.95 Å². The van der Waals surface area contributed by atoms with Gasteiger partial charge in [-0.2, -0.15) is 9.78 Å². The lowest BCUT2D eigenvalue weighted by Gasteiger charge is -2.09. The van der Waals surface area contributed by atoms with Crippen molar-refractivity contribution in [1.82, 2.24) is 19.7 Å². The normalized spacial score (nSPS) is 13.6. The van der Waals surface area contributed by atoms with Crippen LogP contribution in [-0.4, -0.2) is 25.7 Å². The van der Waals surface area contributed by atoms with Crippen molar-refractivity contribution in [1.29, 1.82) is 0 Å². The Morgan fingerprint density at radius 3 is 2.70 bits per heavy atom. The number of aromatic amines is 1. The predicted molar refractivity (Wildman–Crippen MR) is 97.8 cm³/mol. The second-order valence-corrected chi connectivity index (χ2v) is 6.67. The van der Waals surface area contributed by atoms with E-state index in [2.05, 4.69) is 20.4 Å². The van der Waals surface area contributed by atoms with Crippen molar-refractivity contribution < 1.29 is 9.18 Å². The highest BCUT2D eigenvalue weighted by Crippen LogP contribution is 2.40. The van der Waals surface area contributed by atoms with E-state index < -0.39 is 11.7 Å². The summed E-state index contributed by atoms with van der Waals surface area (Å²) in [5.74, 6) is -0.340. The Kier molecular flexibility index (Phi) is 4.10. The van der Waals surface area contributed by atoms with E-state index in [0.717, 1.165) is 18.5 Å². The molecule has 0 atom stereocenters. The number of carbonyl (C=O) groups excluding carboxylic acids is 1. The molecule has 0 saturated heterocycles. The fraction of sp³-hybridized carbons (Fsp3) is 0.263. The summed E-state index contributed by atoms with van der Waals surface area (Å²) in [6, 6.07) is 7.48. The lowest BCUT2D eigenvalue weighted by molar-refractivity contribution is 0.102. The Hall–Kier alpha value is -3.29. The smallest absolute Gasteiger partial charge is 0.259 e. The van der Waals surface area contributed by atoms with Gasteiger partial charge in [0.05, 0.1) is 11.3 Å². The van der Waals surface area contributed by atoms with Gasteiger partial charge in [0.25, 0.3) is 11.5 Å². The van der Waals surface area contributed by atoms with Crippen molar-refractivity contribution in [2.24, 2.45) is 0 Å². The van der Waals surface area contributed by atoms with Gasteiger partial charge in [-0.05, 0) is 38.8 Å². The van der Waals surface area contributed by atoms with Crippen molar-refractivity contribution in [2.45, 2.75) is 32.6 Å². The summed E-state index contributed by atoms with van der Waals surface area (Å²) in [5, 5.41) is 7.18. The molecule has 1 aliphatic carbocycles. The van der Waals surface area contributed by atoms with Crippen LogP contribution < -0.4 is 10.9 Å². The zero-order valence-corrected chi connectivity index (χ0v) is 14.9. The van der Waals surface area contributed by atoms with Gasteiger partial charge in [0.1, 0.15) is 11.6 Å². The average molecular weight is 367 g/mol. The molecule has 1 amide bonds. The van der Waals surface area contributed by atoms with Gasteiger partial charge in [-0.3, -0.25) is 14.6 Å². The maximum absolute atomic E-state index is 13.9. The van der Waals surface area contributed by atoms with Crippen LogP contribution in [0.5, 0.6) is 0 Å². The van der Waals surface area contributed by atoms with Crippen LogP contribution >= 0.6 is 0 Å². The first-order chi connectivity index (χ1) is 12.9. The van der Waals surface area contributed by atoms with Crippen LogP contribution in [0.15, 0.2) is 35.1 Å². The van der Waals surface area contributed by atoms with Gasteiger partial charge in [0, 0.05) is 23.2 Å². The fourth-order valence-electron chi connectivity index (χ4n) is 2.79. The highest BCUT2D eigenvalue weighted by Gasteiger charge is 2.28. The second-order valence-electron chi connectivity index (χ2n) is 6.67. The van der Waals surface area contributed by atoms with Crippen molar-refractivity contribution in [3.05, 3.63) is 69.0 Å². The van der Waals surface area contributed by atoms with Crippen molar-refractivity contribution in [2.75, 3.05) is 5.32 Å². The van der Waals surface area contributed by atoms with Crippen LogP contribution in [-0.2, 0) is 0 Å². The molecule has 2 aromatic heterocycles. The van der Waals surface area contributed by atoms with Gasteiger partial charge in [-0.15, -0.1) is 0 Å². The van der Waals surface area contributed by atoms with Gasteiger partial charge in [-0.1, -0.05) is 12.1 Å². The molecule has 0 unspecified atom stereocenters. The third kappa shape index (κ3) is 3.25. The minimum Gasteiger partial charge on any atom is -0.306 e. The zero-order valence-electron chi connectivity index (χ0n) is 14.9. The molecule has 0 radical (unpaired) electrons. The number of hydrogen-bond donors (Lipinski definition) is 2. The largest absolute Gasteiger partial charge is 0.306 e. The third-order valence-electron chi connectivity index (χ3n) is 4.67. The number of hydrogen-bond acceptors (Lipinski definition) is 4. The van der Waals surface area contributed by atoms with E-state index in [4.69, 9.17) is 0 Å². The first kappa shape index (κ1) is 17.1. The molecule has 3 aromatic rings. The van der Waals surface area contributed by atoms with Gasteiger partial charge in [-0.25, -0.2) is 9.37 Å². The SMILES string of the molecule is Cc1nc(-n2nc(C3CC3)cc2NC(=O)c2ccccc2F)[nH]c(=O)c1C. The quantitative estimate of drug-likeness (QED) is 0.742. The van der Waals surface area contributed by atoms with Gasteiger partial charge in [0.15, 0.2) is 0 Å². The molecule has 2 heterocycles. The Labute approximate surface area is 154 Å². The minimum atomic E-state index is -0.610. The Morgan fingerprint density at radius 2 is 2.04 bits per heavy atom. The molecule has 0 aliphatic heterocycles. The Morgan fingerprint density at radius 1 is 1.30 bits per heavy atom. The summed E-state index contributed by atoms with van der Waals surface area (Å²) in [7, 11) is 0. The summed E-state index contributed by atoms with van der Waals surface area (Å²) >= 11 is 0. The van der Waals surface area contributed by atoms with E-state index in [1.165, 1.54) is 22.9 Å². The van der Waals surface area contributed by atoms with E-state index >= 15 is 0 Å². The molecule has 4 rings (SSSR count). The van der Waals surface area contributed by atoms with E-state index in [9.17, 15) is 14.0 Å². The number of aromatic nitrogens is 4. The number of carbonyl (C=O) groups is 1. The van der Waals surface area contributed by atoms with Crippen molar-refractivity contribution >= 4 is 11.7 Å². The van der Waals surface area contributed by atoms with E-state index in [-0.39, 0.29) is 17.1 Å². The van der Waals surface area contributed by atoms with Crippen molar-refractivity contribution in [3.8, 4) is 5.95 Å². The topological polar surface area (TPSA) is 92.7 Å². The molecule has 0 spiro atoms. The lowest BCUT2D eigenvalue weighted by atomic mass is 10.2. The Bertz CT molecular complexity index is 1100. The van der Waals surface area contributed by atoms with Gasteiger partial charge < -0.3 is 5.32 Å². The molecule has 27 heavy (non-hydrogen) atoms. The number of halogens is 1. The predicted octanol–water partition coefficient (Wildman–Crippen LogP) is 2.84. The highest BCUT2D eigenvalue weighted by atomic mass is 19.1. The van der Waals surface area contributed by atoms with Crippen molar-refractivity contribution in [3.63, 3.8) is 0 Å². The third-order valence-corrected chi connectivity index (χ3v) is 4.67. The van der Waals surface area contributed by atoms with Crippen LogP contribution in [0.4, 0.5) is 10.2 Å². The van der Waals surface area contributed by atoms with E-state index in [1.807, 2.05) is 0 Å². The van der Waals surface area contributed by atoms with Gasteiger partial charge >= 0.3 is 0 Å². The highest BCUT2D eigenvalue weighted by molar-refractivity contribution is 6.04. The molecule has 1 aromatic carbocycles. The molecule has 7 nitrogen and oxygen atoms in total. The number of nitrogens with one attached hydrogen (secondary N) is 2. The molecule has 1 fully saturated rings. The summed E-state index contributed by atoms with van der Waals surface area (Å²) in [5.41, 5.74) is 1.56. The summed E-state index contributed by atoms with van der Waals surface area (Å²) in [4.78, 5) is 31.7. The second kappa shape index (κ2) is 6.46. The average Bonchev–Trinajstić information content (AvgIpc) is 3.40. The number of amides is 1. The number of benzene rings is 1. The van der Waals surface area contributed by atoms with Crippen LogP contribution in [0, 0.1) is 19.7 Å². The molecule has 2 N–H and O–H groups in total. The maximum atomic E-state index is 13.9. The molecular weight excluding hydrogens is 349 g/mol. The minimum absolute atomic E-state index is 0.0697. The number of H-pyrrole nitrogens is 1. The van der Waals surface area contributed by atoms with E-state index in [1.54, 1.807) is 26.0 Å². The summed E-state index contributed by atoms with van der Waals surface area (Å²) in [6.07, 6.45) is 2.04. The molecule has 8 heteroatoms. The number of anilines is 1. The fourth-order valence-corrected chi connectivity index (χ4v) is 2.79. The molecule has 0 bridgehead atoms. The Balaban J connectivity index is 1.75. The standard InChI is InChI=1S/C19H18FN5O2/c1-10-11(2)21-19(23-17(10)26)25-16(9-15(24-25)12-7-8-12)22-18(27)13-5-3-4-6-14(13)20/h3-6,9,12H,7-8H2,1-2H3,(H,22,27)(H,21,23,26). The van der Waals surface area contributed by atoms with E-state index in [0.29, 0.717) is 23.0 Å². The molecule has 1 saturated carbocycles.